The van der Waals surface area contributed by atoms with E-state index in [4.69, 9.17) is 9.57 Å². The third kappa shape index (κ3) is 5.85. The number of halogens is 1. The highest BCUT2D eigenvalue weighted by atomic mass is 32.2. The summed E-state index contributed by atoms with van der Waals surface area (Å²) < 4.78 is 20.5. The SMILES string of the molecule is O=C1/C=C/C(=O)ON2C(=O)C(O1)Sc1ncc(CNC3CCN(CCn4c(=O)cnc5ccc(F)cc54)CC3)cc12. The van der Waals surface area contributed by atoms with E-state index in [2.05, 4.69) is 20.2 Å². The van der Waals surface area contributed by atoms with Crippen LogP contribution in [0.5, 0.6) is 0 Å². The molecular weight excluding hydrogens is 555 g/mol. The van der Waals surface area contributed by atoms with Gasteiger partial charge in [0.05, 0.1) is 17.2 Å². The fourth-order valence-electron chi connectivity index (χ4n) is 4.98. The Morgan fingerprint density at radius 1 is 1.00 bits per heavy atom. The second kappa shape index (κ2) is 11.4. The van der Waals surface area contributed by atoms with Crippen LogP contribution in [0.15, 0.2) is 58.6 Å². The van der Waals surface area contributed by atoms with E-state index in [9.17, 15) is 23.6 Å². The molecule has 0 spiro atoms. The zero-order chi connectivity index (χ0) is 28.5. The Hall–Kier alpha value is -4.14. The summed E-state index contributed by atoms with van der Waals surface area (Å²) in [6.45, 7) is 3.23. The number of carbonyl (C=O) groups excluding carboxylic acids is 3. The van der Waals surface area contributed by atoms with Gasteiger partial charge in [0.1, 0.15) is 16.5 Å². The standard InChI is InChI=1S/C27H25FN6O6S/c28-17-1-2-19-20(12-17)33(22(35)15-30-19)10-9-32-7-5-18(6-8-32)29-13-16-11-21-25(31-14-16)41-27-26(38)34(21)40-24(37)4-3-23(36)39-27/h1-4,11-12,14-15,18,27,29H,5-10,13H2/b4-3+. The topological polar surface area (TPSA) is 136 Å². The highest BCUT2D eigenvalue weighted by Crippen LogP contribution is 2.39. The van der Waals surface area contributed by atoms with Crippen molar-refractivity contribution in [2.45, 2.75) is 42.4 Å². The average Bonchev–Trinajstić information content (AvgIpc) is 3.00. The largest absolute Gasteiger partial charge is 0.437 e. The number of rotatable bonds is 6. The molecule has 3 aliphatic rings. The van der Waals surface area contributed by atoms with E-state index in [1.165, 1.54) is 18.3 Å². The van der Waals surface area contributed by atoms with Gasteiger partial charge in [-0.3, -0.25) is 9.59 Å². The maximum absolute atomic E-state index is 13.8. The van der Waals surface area contributed by atoms with Crippen molar-refractivity contribution in [3.8, 4) is 0 Å². The zero-order valence-electron chi connectivity index (χ0n) is 21.7. The van der Waals surface area contributed by atoms with Crippen LogP contribution in [0.4, 0.5) is 10.1 Å². The Labute approximate surface area is 237 Å². The van der Waals surface area contributed by atoms with E-state index in [-0.39, 0.29) is 11.6 Å². The van der Waals surface area contributed by atoms with Crippen LogP contribution in [-0.2, 0) is 37.0 Å². The molecule has 1 N–H and O–H groups in total. The van der Waals surface area contributed by atoms with Crippen molar-refractivity contribution in [3.05, 3.63) is 70.5 Å². The highest BCUT2D eigenvalue weighted by molar-refractivity contribution is 8.00. The molecule has 1 atom stereocenters. The highest BCUT2D eigenvalue weighted by Gasteiger charge is 2.40. The minimum absolute atomic E-state index is 0.244. The van der Waals surface area contributed by atoms with Gasteiger partial charge in [-0.25, -0.2) is 23.9 Å². The van der Waals surface area contributed by atoms with Crippen LogP contribution in [0.1, 0.15) is 18.4 Å². The van der Waals surface area contributed by atoms with Crippen LogP contribution in [0.25, 0.3) is 11.0 Å². The van der Waals surface area contributed by atoms with Crippen LogP contribution >= 0.6 is 11.8 Å². The fraction of sp³-hybridized carbons (Fsp3) is 0.333. The Kier molecular flexibility index (Phi) is 7.51. The summed E-state index contributed by atoms with van der Waals surface area (Å²) >= 11 is 0.977. The van der Waals surface area contributed by atoms with Crippen molar-refractivity contribution in [1.82, 2.24) is 24.8 Å². The maximum Gasteiger partial charge on any atom is 0.356 e. The number of pyridine rings is 1. The summed E-state index contributed by atoms with van der Waals surface area (Å²) in [5.74, 6) is -2.78. The number of piperidine rings is 1. The number of hydroxylamine groups is 1. The number of nitrogens with one attached hydrogen (secondary N) is 1. The van der Waals surface area contributed by atoms with E-state index in [0.717, 1.165) is 60.5 Å². The summed E-state index contributed by atoms with van der Waals surface area (Å²) in [7, 11) is 0. The number of esters is 1. The van der Waals surface area contributed by atoms with Crippen molar-refractivity contribution in [2.24, 2.45) is 0 Å². The lowest BCUT2D eigenvalue weighted by molar-refractivity contribution is -0.151. The Balaban J connectivity index is 1.05. The van der Waals surface area contributed by atoms with Crippen LogP contribution in [0, 0.1) is 5.82 Å². The lowest BCUT2D eigenvalue weighted by Crippen LogP contribution is -2.44. The molecule has 1 aromatic carbocycles. The van der Waals surface area contributed by atoms with E-state index in [1.54, 1.807) is 22.9 Å². The van der Waals surface area contributed by atoms with Crippen molar-refractivity contribution < 1.29 is 28.3 Å². The number of hydrogen-bond acceptors (Lipinski definition) is 11. The first-order valence-corrected chi connectivity index (χ1v) is 13.9. The number of likely N-dealkylation sites (tertiary alicyclic amines) is 1. The summed E-state index contributed by atoms with van der Waals surface area (Å²) in [5, 5.41) is 4.76. The first-order valence-electron chi connectivity index (χ1n) is 13.0. The van der Waals surface area contributed by atoms with Gasteiger partial charge in [0, 0.05) is 44.0 Å². The van der Waals surface area contributed by atoms with Crippen LogP contribution in [-0.4, -0.2) is 68.4 Å². The molecule has 3 aromatic rings. The van der Waals surface area contributed by atoms with Gasteiger partial charge in [0.15, 0.2) is 0 Å². The number of thioether (sulfide) groups is 1. The van der Waals surface area contributed by atoms with Crippen molar-refractivity contribution in [2.75, 3.05) is 24.7 Å². The maximum atomic E-state index is 13.8. The van der Waals surface area contributed by atoms with E-state index < -0.39 is 29.1 Å². The van der Waals surface area contributed by atoms with Crippen LogP contribution < -0.4 is 15.9 Å². The molecule has 41 heavy (non-hydrogen) atoms. The smallest absolute Gasteiger partial charge is 0.356 e. The predicted molar refractivity (Wildman–Crippen MR) is 145 cm³/mol. The minimum Gasteiger partial charge on any atom is -0.437 e. The number of hydrogen-bond donors (Lipinski definition) is 1. The molecule has 1 amide bonds. The Morgan fingerprint density at radius 2 is 1.80 bits per heavy atom. The molecule has 1 unspecified atom stereocenters. The molecule has 6 rings (SSSR count). The molecule has 0 radical (unpaired) electrons. The third-order valence-electron chi connectivity index (χ3n) is 7.12. The Bertz CT molecular complexity index is 1620. The second-order valence-corrected chi connectivity index (χ2v) is 10.9. The number of nitrogens with zero attached hydrogens (tertiary/aromatic N) is 5. The van der Waals surface area contributed by atoms with E-state index >= 15 is 0 Å². The molecule has 1 saturated heterocycles. The molecule has 2 aromatic heterocycles. The monoisotopic (exact) mass is 580 g/mol. The molecule has 2 bridgehead atoms. The predicted octanol–water partition coefficient (Wildman–Crippen LogP) is 1.52. The second-order valence-electron chi connectivity index (χ2n) is 9.81. The van der Waals surface area contributed by atoms with Gasteiger partial charge in [0.2, 0.25) is 5.44 Å². The van der Waals surface area contributed by atoms with E-state index in [1.807, 2.05) is 0 Å². The minimum atomic E-state index is -1.20. The van der Waals surface area contributed by atoms with Gasteiger partial charge in [-0.15, -0.1) is 5.06 Å². The molecule has 12 nitrogen and oxygen atoms in total. The van der Waals surface area contributed by atoms with Gasteiger partial charge < -0.3 is 24.4 Å². The summed E-state index contributed by atoms with van der Waals surface area (Å²) in [6.07, 6.45) is 6.53. The summed E-state index contributed by atoms with van der Waals surface area (Å²) in [5.41, 5.74) is 0.703. The zero-order valence-corrected chi connectivity index (χ0v) is 22.5. The molecule has 1 fully saturated rings. The van der Waals surface area contributed by atoms with Gasteiger partial charge in [-0.2, -0.15) is 0 Å². The van der Waals surface area contributed by atoms with Crippen LogP contribution in [0.2, 0.25) is 0 Å². The fourth-order valence-corrected chi connectivity index (χ4v) is 5.90. The summed E-state index contributed by atoms with van der Waals surface area (Å²) in [4.78, 5) is 65.1. The number of ether oxygens (including phenoxy) is 1. The molecule has 0 saturated carbocycles. The number of amides is 1. The number of aromatic nitrogens is 3. The quantitative estimate of drug-likeness (QED) is 0.425. The molecule has 212 valence electrons. The van der Waals surface area contributed by atoms with Gasteiger partial charge in [-0.1, -0.05) is 0 Å². The molecular formula is C27H25FN6O6S. The Morgan fingerprint density at radius 3 is 2.63 bits per heavy atom. The number of anilines is 1. The summed E-state index contributed by atoms with van der Waals surface area (Å²) in [6, 6.07) is 6.21. The lowest BCUT2D eigenvalue weighted by Gasteiger charge is -2.33. The number of benzene rings is 1. The number of fused-ring (bicyclic) bond motifs is 5. The van der Waals surface area contributed by atoms with Gasteiger partial charge in [-0.05, 0) is 67.5 Å². The third-order valence-corrected chi connectivity index (χ3v) is 8.17. The molecule has 14 heteroatoms. The normalized spacial score (nSPS) is 20.6. The lowest BCUT2D eigenvalue weighted by atomic mass is 10.0. The van der Waals surface area contributed by atoms with Crippen molar-refractivity contribution >= 4 is 46.3 Å². The first-order chi connectivity index (χ1) is 19.8. The number of carbonyl (C=O) groups is 3. The van der Waals surface area contributed by atoms with Crippen LogP contribution in [0.3, 0.4) is 0 Å². The molecule has 5 heterocycles. The first kappa shape index (κ1) is 27.1. The molecule has 0 aliphatic carbocycles. The van der Waals surface area contributed by atoms with E-state index in [0.29, 0.717) is 41.4 Å². The van der Waals surface area contributed by atoms with Gasteiger partial charge >= 0.3 is 17.8 Å². The van der Waals surface area contributed by atoms with Crippen molar-refractivity contribution in [1.29, 1.82) is 0 Å². The van der Waals surface area contributed by atoms with Gasteiger partial charge in [0.25, 0.3) is 5.56 Å². The van der Waals surface area contributed by atoms with Crippen molar-refractivity contribution in [3.63, 3.8) is 0 Å². The average molecular weight is 581 g/mol. The molecule has 3 aliphatic heterocycles.